The summed E-state index contributed by atoms with van der Waals surface area (Å²) in [5.74, 6) is 0. The number of fused-ring (bicyclic) bond motifs is 1. The maximum absolute atomic E-state index is 6.03. The van der Waals surface area contributed by atoms with E-state index in [1.54, 1.807) is 6.07 Å². The van der Waals surface area contributed by atoms with Crippen LogP contribution < -0.4 is 4.83 Å². The molecule has 1 aromatic rings. The van der Waals surface area contributed by atoms with Crippen molar-refractivity contribution in [1.82, 2.24) is 4.83 Å². The van der Waals surface area contributed by atoms with Crippen LogP contribution in [0.2, 0.25) is 10.0 Å². The number of hydrogen-bond donors (Lipinski definition) is 1. The van der Waals surface area contributed by atoms with E-state index in [4.69, 9.17) is 23.2 Å². The van der Waals surface area contributed by atoms with Gasteiger partial charge in [-0.3, -0.25) is 0 Å². The van der Waals surface area contributed by atoms with Crippen molar-refractivity contribution < 1.29 is 0 Å². The molecule has 1 aliphatic heterocycles. The molecule has 68 valence electrons. The molecule has 0 fully saturated rings. The molecule has 1 N–H and O–H groups in total. The molecule has 0 saturated heterocycles. The van der Waals surface area contributed by atoms with E-state index < -0.39 is 0 Å². The van der Waals surface area contributed by atoms with Gasteiger partial charge >= 0.3 is 0 Å². The van der Waals surface area contributed by atoms with Gasteiger partial charge in [-0.05, 0) is 13.0 Å². The van der Waals surface area contributed by atoms with E-state index >= 15 is 0 Å². The van der Waals surface area contributed by atoms with Gasteiger partial charge in [0.25, 0.3) is 0 Å². The van der Waals surface area contributed by atoms with Crippen molar-refractivity contribution in [3.8, 4) is 0 Å². The van der Waals surface area contributed by atoms with Gasteiger partial charge in [0.2, 0.25) is 0 Å². The molecule has 0 radical (unpaired) electrons. The van der Waals surface area contributed by atoms with Crippen molar-refractivity contribution in [3.05, 3.63) is 27.7 Å². The maximum atomic E-state index is 6.03. The summed E-state index contributed by atoms with van der Waals surface area (Å²) in [7, 11) is 0. The highest BCUT2D eigenvalue weighted by atomic mass is 35.5. The number of halogens is 2. The Balaban J connectivity index is 2.65. The summed E-state index contributed by atoms with van der Waals surface area (Å²) in [6.07, 6.45) is 0. The number of nitrogens with one attached hydrogen (secondary N) is 1. The smallest absolute Gasteiger partial charge is 0.0753 e. The molecule has 0 bridgehead atoms. The standard InChI is InChI=1S/C8H6Cl2N2S/c1-4-5-2-3-6(9)7(10)8(5)13-12-11-4/h2-3,12H,1H3. The third-order valence-corrected chi connectivity index (χ3v) is 3.53. The van der Waals surface area contributed by atoms with Crippen LogP contribution in [-0.4, -0.2) is 5.71 Å². The predicted octanol–water partition coefficient (Wildman–Crippen LogP) is 3.33. The third-order valence-electron chi connectivity index (χ3n) is 1.80. The van der Waals surface area contributed by atoms with Crippen LogP contribution in [0.3, 0.4) is 0 Å². The Morgan fingerprint density at radius 3 is 2.92 bits per heavy atom. The highest BCUT2D eigenvalue weighted by Crippen LogP contribution is 2.36. The van der Waals surface area contributed by atoms with Crippen LogP contribution in [0.5, 0.6) is 0 Å². The zero-order chi connectivity index (χ0) is 9.42. The summed E-state index contributed by atoms with van der Waals surface area (Å²) < 4.78 is 0. The van der Waals surface area contributed by atoms with Crippen LogP contribution in [0.25, 0.3) is 0 Å². The van der Waals surface area contributed by atoms with Crippen LogP contribution in [0, 0.1) is 0 Å². The van der Waals surface area contributed by atoms with E-state index in [9.17, 15) is 0 Å². The van der Waals surface area contributed by atoms with Gasteiger partial charge in [0.1, 0.15) is 0 Å². The summed E-state index contributed by atoms with van der Waals surface area (Å²) in [5, 5.41) is 5.23. The number of benzene rings is 1. The van der Waals surface area contributed by atoms with E-state index in [-0.39, 0.29) is 0 Å². The van der Waals surface area contributed by atoms with Crippen LogP contribution in [-0.2, 0) is 0 Å². The van der Waals surface area contributed by atoms with Crippen molar-refractivity contribution in [2.45, 2.75) is 11.8 Å². The molecule has 0 spiro atoms. The largest absolute Gasteiger partial charge is 0.247 e. The number of nitrogens with zero attached hydrogens (tertiary/aromatic N) is 1. The van der Waals surface area contributed by atoms with Gasteiger partial charge in [0.05, 0.1) is 20.7 Å². The molecular weight excluding hydrogens is 227 g/mol. The minimum Gasteiger partial charge on any atom is -0.247 e. The molecule has 0 aromatic heterocycles. The van der Waals surface area contributed by atoms with Crippen molar-refractivity contribution >= 4 is 40.9 Å². The Hall–Kier alpha value is -0.380. The van der Waals surface area contributed by atoms with E-state index in [0.717, 1.165) is 16.2 Å². The molecule has 1 heterocycles. The summed E-state index contributed by atoms with van der Waals surface area (Å²) in [5.41, 5.74) is 1.96. The molecule has 2 nitrogen and oxygen atoms in total. The number of hydrogen-bond acceptors (Lipinski definition) is 3. The fraction of sp³-hybridized carbons (Fsp3) is 0.125. The second-order valence-corrected chi connectivity index (χ2v) is 4.21. The molecule has 0 unspecified atom stereocenters. The van der Waals surface area contributed by atoms with Crippen molar-refractivity contribution in [2.24, 2.45) is 5.10 Å². The Morgan fingerprint density at radius 1 is 1.38 bits per heavy atom. The minimum absolute atomic E-state index is 0.574. The summed E-state index contributed by atoms with van der Waals surface area (Å²) in [4.78, 5) is 3.77. The van der Waals surface area contributed by atoms with Gasteiger partial charge in [0, 0.05) is 17.5 Å². The van der Waals surface area contributed by atoms with Crippen LogP contribution in [0.1, 0.15) is 12.5 Å². The van der Waals surface area contributed by atoms with Crippen LogP contribution >= 0.6 is 35.1 Å². The second kappa shape index (κ2) is 3.40. The van der Waals surface area contributed by atoms with E-state index in [1.165, 1.54) is 11.9 Å². The molecule has 5 heteroatoms. The van der Waals surface area contributed by atoms with Gasteiger partial charge in [-0.15, -0.1) is 0 Å². The quantitative estimate of drug-likeness (QED) is 0.695. The molecule has 0 atom stereocenters. The Bertz CT molecular complexity index is 390. The topological polar surface area (TPSA) is 24.4 Å². The van der Waals surface area contributed by atoms with Crippen molar-refractivity contribution in [3.63, 3.8) is 0 Å². The van der Waals surface area contributed by atoms with Gasteiger partial charge in [0.15, 0.2) is 0 Å². The van der Waals surface area contributed by atoms with Gasteiger partial charge in [-0.25, -0.2) is 4.83 Å². The first-order chi connectivity index (χ1) is 6.20. The molecule has 1 aliphatic rings. The molecule has 13 heavy (non-hydrogen) atoms. The summed E-state index contributed by atoms with van der Waals surface area (Å²) >= 11 is 13.3. The zero-order valence-electron chi connectivity index (χ0n) is 6.77. The molecule has 2 rings (SSSR count). The van der Waals surface area contributed by atoms with E-state index in [1.807, 2.05) is 13.0 Å². The maximum Gasteiger partial charge on any atom is 0.0753 e. The Kier molecular flexibility index (Phi) is 2.41. The normalized spacial score (nSPS) is 14.5. The van der Waals surface area contributed by atoms with E-state index in [0.29, 0.717) is 10.0 Å². The number of rotatable bonds is 0. The average molecular weight is 233 g/mol. The van der Waals surface area contributed by atoms with Crippen LogP contribution in [0.4, 0.5) is 0 Å². The first kappa shape index (κ1) is 9.19. The first-order valence-electron chi connectivity index (χ1n) is 3.64. The fourth-order valence-corrected chi connectivity index (χ4v) is 2.41. The van der Waals surface area contributed by atoms with Gasteiger partial charge < -0.3 is 0 Å². The monoisotopic (exact) mass is 232 g/mol. The lowest BCUT2D eigenvalue weighted by molar-refractivity contribution is 1.08. The lowest BCUT2D eigenvalue weighted by Gasteiger charge is -2.15. The third kappa shape index (κ3) is 1.52. The predicted molar refractivity (Wildman–Crippen MR) is 57.7 cm³/mol. The lowest BCUT2D eigenvalue weighted by atomic mass is 10.1. The van der Waals surface area contributed by atoms with Crippen molar-refractivity contribution in [1.29, 1.82) is 0 Å². The summed E-state index contributed by atoms with van der Waals surface area (Å²) in [6.45, 7) is 1.93. The minimum atomic E-state index is 0.574. The van der Waals surface area contributed by atoms with Crippen molar-refractivity contribution in [2.75, 3.05) is 0 Å². The lowest BCUT2D eigenvalue weighted by Crippen LogP contribution is -2.10. The first-order valence-corrected chi connectivity index (χ1v) is 5.22. The SMILES string of the molecule is CC1=NNSc2c1ccc(Cl)c2Cl. The van der Waals surface area contributed by atoms with E-state index in [2.05, 4.69) is 9.93 Å². The molecule has 0 aliphatic carbocycles. The Labute approximate surface area is 90.4 Å². The average Bonchev–Trinajstić information content (AvgIpc) is 2.12. The highest BCUT2D eigenvalue weighted by molar-refractivity contribution is 7.97. The fourth-order valence-electron chi connectivity index (χ4n) is 1.11. The second-order valence-electron chi connectivity index (χ2n) is 2.63. The van der Waals surface area contributed by atoms with Crippen LogP contribution in [0.15, 0.2) is 22.1 Å². The molecule has 1 aromatic carbocycles. The highest BCUT2D eigenvalue weighted by Gasteiger charge is 2.16. The molecule has 0 saturated carbocycles. The number of hydrazone groups is 1. The Morgan fingerprint density at radius 2 is 2.15 bits per heavy atom. The van der Waals surface area contributed by atoms with Gasteiger partial charge in [-0.1, -0.05) is 29.3 Å². The summed E-state index contributed by atoms with van der Waals surface area (Å²) in [6, 6.07) is 3.71. The van der Waals surface area contributed by atoms with Gasteiger partial charge in [-0.2, -0.15) is 5.10 Å². The molecule has 0 amide bonds. The molecular formula is C8H6Cl2N2S. The zero-order valence-corrected chi connectivity index (χ0v) is 9.09.